The van der Waals surface area contributed by atoms with Gasteiger partial charge in [-0.3, -0.25) is 19.8 Å². The van der Waals surface area contributed by atoms with E-state index in [4.69, 9.17) is 0 Å². The van der Waals surface area contributed by atoms with Crippen molar-refractivity contribution in [1.29, 1.82) is 0 Å². The number of rotatable bonds is 9. The highest BCUT2D eigenvalue weighted by Crippen LogP contribution is 2.12. The molecule has 0 aliphatic heterocycles. The zero-order valence-corrected chi connectivity index (χ0v) is 15.3. The molecular weight excluding hydrogens is 330 g/mol. The highest BCUT2D eigenvalue weighted by Gasteiger charge is 2.07. The quantitative estimate of drug-likeness (QED) is 0.553. The minimum Gasteiger partial charge on any atom is -0.352 e. The molecule has 0 heterocycles. The van der Waals surface area contributed by atoms with E-state index in [9.17, 15) is 14.9 Å². The van der Waals surface area contributed by atoms with Gasteiger partial charge in [-0.05, 0) is 29.8 Å². The van der Waals surface area contributed by atoms with E-state index in [1.807, 2.05) is 12.1 Å². The Bertz CT molecular complexity index is 723. The second kappa shape index (κ2) is 9.68. The third kappa shape index (κ3) is 5.97. The number of benzene rings is 2. The Morgan fingerprint density at radius 3 is 2.04 bits per heavy atom. The van der Waals surface area contributed by atoms with E-state index >= 15 is 0 Å². The van der Waals surface area contributed by atoms with Gasteiger partial charge in [0.1, 0.15) is 0 Å². The summed E-state index contributed by atoms with van der Waals surface area (Å²) in [4.78, 5) is 24.6. The molecule has 2 aromatic rings. The van der Waals surface area contributed by atoms with E-state index in [1.165, 1.54) is 17.7 Å². The van der Waals surface area contributed by atoms with Crippen molar-refractivity contribution in [2.75, 3.05) is 13.1 Å². The molecule has 26 heavy (non-hydrogen) atoms. The molecule has 0 atom stereocenters. The molecule has 0 aliphatic rings. The summed E-state index contributed by atoms with van der Waals surface area (Å²) >= 11 is 0. The third-order valence-corrected chi connectivity index (χ3v) is 4.33. The average Bonchev–Trinajstić information content (AvgIpc) is 2.65. The molecule has 2 aromatic carbocycles. The first kappa shape index (κ1) is 19.6. The second-order valence-electron chi connectivity index (χ2n) is 6.15. The Hall–Kier alpha value is -2.73. The van der Waals surface area contributed by atoms with Crippen molar-refractivity contribution in [3.8, 4) is 0 Å². The van der Waals surface area contributed by atoms with Crippen LogP contribution in [0.4, 0.5) is 5.69 Å². The van der Waals surface area contributed by atoms with E-state index in [2.05, 4.69) is 36.2 Å². The molecule has 1 N–H and O–H groups in total. The fourth-order valence-electron chi connectivity index (χ4n) is 2.65. The summed E-state index contributed by atoms with van der Waals surface area (Å²) in [6.45, 7) is 7.75. The summed E-state index contributed by atoms with van der Waals surface area (Å²) in [5.41, 5.74) is 3.08. The molecule has 0 saturated carbocycles. The molecule has 0 aromatic heterocycles. The molecule has 1 amide bonds. The molecule has 0 saturated heterocycles. The van der Waals surface area contributed by atoms with Crippen LogP contribution in [0.2, 0.25) is 0 Å². The van der Waals surface area contributed by atoms with Gasteiger partial charge in [0, 0.05) is 25.2 Å². The number of nitrogens with zero attached hydrogens (tertiary/aromatic N) is 2. The molecule has 138 valence electrons. The number of carbonyl (C=O) groups excluding carboxylic acids is 1. The molecule has 0 aliphatic carbocycles. The Morgan fingerprint density at radius 1 is 0.962 bits per heavy atom. The zero-order valence-electron chi connectivity index (χ0n) is 15.3. The van der Waals surface area contributed by atoms with Crippen molar-refractivity contribution in [2.45, 2.75) is 33.4 Å². The molecule has 0 unspecified atom stereocenters. The van der Waals surface area contributed by atoms with Crippen LogP contribution in [0.5, 0.6) is 0 Å². The average molecular weight is 355 g/mol. The van der Waals surface area contributed by atoms with Crippen LogP contribution in [0.25, 0.3) is 0 Å². The topological polar surface area (TPSA) is 75.5 Å². The van der Waals surface area contributed by atoms with Crippen molar-refractivity contribution < 1.29 is 9.72 Å². The van der Waals surface area contributed by atoms with Crippen LogP contribution in [-0.4, -0.2) is 28.8 Å². The molecule has 0 spiro atoms. The lowest BCUT2D eigenvalue weighted by molar-refractivity contribution is -0.384. The monoisotopic (exact) mass is 355 g/mol. The number of non-ortho nitro benzene ring substituents is 1. The van der Waals surface area contributed by atoms with Gasteiger partial charge in [-0.25, -0.2) is 0 Å². The molecule has 0 fully saturated rings. The molecule has 0 radical (unpaired) electrons. The third-order valence-electron chi connectivity index (χ3n) is 4.33. The van der Waals surface area contributed by atoms with E-state index in [0.29, 0.717) is 6.54 Å². The number of nitrogens with one attached hydrogen (secondary N) is 1. The van der Waals surface area contributed by atoms with Crippen LogP contribution < -0.4 is 5.32 Å². The smallest absolute Gasteiger partial charge is 0.269 e. The van der Waals surface area contributed by atoms with Crippen LogP contribution in [0, 0.1) is 10.1 Å². The minimum absolute atomic E-state index is 0.0268. The van der Waals surface area contributed by atoms with Crippen molar-refractivity contribution in [1.82, 2.24) is 10.2 Å². The van der Waals surface area contributed by atoms with Gasteiger partial charge in [-0.1, -0.05) is 50.2 Å². The lowest BCUT2D eigenvalue weighted by Crippen LogP contribution is -2.24. The highest BCUT2D eigenvalue weighted by atomic mass is 16.6. The van der Waals surface area contributed by atoms with Gasteiger partial charge >= 0.3 is 0 Å². The fraction of sp³-hybridized carbons (Fsp3) is 0.350. The highest BCUT2D eigenvalue weighted by molar-refractivity contribution is 5.78. The van der Waals surface area contributed by atoms with Gasteiger partial charge in [0.25, 0.3) is 5.69 Å². The summed E-state index contributed by atoms with van der Waals surface area (Å²) in [6, 6.07) is 14.3. The van der Waals surface area contributed by atoms with Crippen LogP contribution in [-0.2, 0) is 24.3 Å². The first-order valence-electron chi connectivity index (χ1n) is 8.82. The summed E-state index contributed by atoms with van der Waals surface area (Å²) in [6.07, 6.45) is 0.206. The number of hydrogen-bond donors (Lipinski definition) is 1. The van der Waals surface area contributed by atoms with Crippen LogP contribution >= 0.6 is 0 Å². The SMILES string of the molecule is CCN(CC)Cc1ccc(CNC(=O)Cc2ccc([N+](=O)[O-])cc2)cc1. The van der Waals surface area contributed by atoms with Crippen molar-refractivity contribution in [3.05, 3.63) is 75.3 Å². The first-order valence-corrected chi connectivity index (χ1v) is 8.82. The number of nitro benzene ring substituents is 1. The fourth-order valence-corrected chi connectivity index (χ4v) is 2.65. The van der Waals surface area contributed by atoms with Gasteiger partial charge in [0.2, 0.25) is 5.91 Å². The number of carbonyl (C=O) groups is 1. The molecule has 0 bridgehead atoms. The van der Waals surface area contributed by atoms with Crippen molar-refractivity contribution in [3.63, 3.8) is 0 Å². The summed E-state index contributed by atoms with van der Waals surface area (Å²) in [7, 11) is 0. The number of amides is 1. The summed E-state index contributed by atoms with van der Waals surface area (Å²) in [5.74, 6) is -0.105. The van der Waals surface area contributed by atoms with Crippen LogP contribution in [0.1, 0.15) is 30.5 Å². The van der Waals surface area contributed by atoms with Gasteiger partial charge in [0.05, 0.1) is 11.3 Å². The predicted octanol–water partition coefficient (Wildman–Crippen LogP) is 3.30. The maximum atomic E-state index is 12.0. The Labute approximate surface area is 154 Å². The van der Waals surface area contributed by atoms with E-state index in [-0.39, 0.29) is 18.0 Å². The number of nitro groups is 1. The molecule has 2 rings (SSSR count). The maximum Gasteiger partial charge on any atom is 0.269 e. The lowest BCUT2D eigenvalue weighted by atomic mass is 10.1. The summed E-state index contributed by atoms with van der Waals surface area (Å²) in [5, 5.41) is 13.5. The van der Waals surface area contributed by atoms with Crippen molar-refractivity contribution in [2.24, 2.45) is 0 Å². The van der Waals surface area contributed by atoms with Gasteiger partial charge < -0.3 is 5.32 Å². The Kier molecular flexibility index (Phi) is 7.29. The number of hydrogen-bond acceptors (Lipinski definition) is 4. The summed E-state index contributed by atoms with van der Waals surface area (Å²) < 4.78 is 0. The van der Waals surface area contributed by atoms with E-state index in [0.717, 1.165) is 30.8 Å². The molecular formula is C20H25N3O3. The Balaban J connectivity index is 1.82. The standard InChI is InChI=1S/C20H25N3O3/c1-3-22(4-2)15-18-7-5-17(6-8-18)14-21-20(24)13-16-9-11-19(12-10-16)23(25)26/h5-12H,3-4,13-15H2,1-2H3,(H,21,24). The largest absolute Gasteiger partial charge is 0.352 e. The van der Waals surface area contributed by atoms with E-state index < -0.39 is 4.92 Å². The van der Waals surface area contributed by atoms with Gasteiger partial charge in [-0.2, -0.15) is 0 Å². The van der Waals surface area contributed by atoms with E-state index in [1.54, 1.807) is 12.1 Å². The first-order chi connectivity index (χ1) is 12.5. The van der Waals surface area contributed by atoms with Crippen LogP contribution in [0.15, 0.2) is 48.5 Å². The zero-order chi connectivity index (χ0) is 18.9. The van der Waals surface area contributed by atoms with Gasteiger partial charge in [0.15, 0.2) is 0 Å². The Morgan fingerprint density at radius 2 is 1.50 bits per heavy atom. The van der Waals surface area contributed by atoms with Crippen molar-refractivity contribution >= 4 is 11.6 Å². The molecule has 6 heteroatoms. The predicted molar refractivity (Wildman–Crippen MR) is 102 cm³/mol. The minimum atomic E-state index is -0.451. The second-order valence-corrected chi connectivity index (χ2v) is 6.15. The lowest BCUT2D eigenvalue weighted by Gasteiger charge is -2.18. The normalized spacial score (nSPS) is 10.7. The molecule has 6 nitrogen and oxygen atoms in total. The maximum absolute atomic E-state index is 12.0. The van der Waals surface area contributed by atoms with Crippen LogP contribution in [0.3, 0.4) is 0 Å². The van der Waals surface area contributed by atoms with Gasteiger partial charge in [-0.15, -0.1) is 0 Å².